The van der Waals surface area contributed by atoms with Crippen LogP contribution >= 0.6 is 0 Å². The highest BCUT2D eigenvalue weighted by molar-refractivity contribution is 5.93. The fourth-order valence-electron chi connectivity index (χ4n) is 1.59. The lowest BCUT2D eigenvalue weighted by atomic mass is 10.0. The van der Waals surface area contributed by atoms with Gasteiger partial charge in [-0.2, -0.15) is 0 Å². The van der Waals surface area contributed by atoms with Crippen molar-refractivity contribution in [3.63, 3.8) is 0 Å². The normalized spacial score (nSPS) is 9.47. The third-order valence-electron chi connectivity index (χ3n) is 2.36. The maximum Gasteiger partial charge on any atom is 0.0551 e. The first-order chi connectivity index (χ1) is 7.26. The predicted octanol–water partition coefficient (Wildman–Crippen LogP) is 2.38. The summed E-state index contributed by atoms with van der Waals surface area (Å²) in [5, 5.41) is 1.99. The largest absolute Gasteiger partial charge is 0.398 e. The number of terminal acetylenes is 2. The van der Waals surface area contributed by atoms with E-state index in [-0.39, 0.29) is 0 Å². The minimum atomic E-state index is 0.610. The average molecular weight is 191 g/mol. The molecule has 2 aromatic rings. The number of fused-ring (bicyclic) bond motifs is 1. The maximum absolute atomic E-state index is 5.79. The monoisotopic (exact) mass is 191 g/mol. The molecule has 2 N–H and O–H groups in total. The van der Waals surface area contributed by atoms with E-state index >= 15 is 0 Å². The Morgan fingerprint density at radius 3 is 2.40 bits per heavy atom. The fourth-order valence-corrected chi connectivity index (χ4v) is 1.59. The van der Waals surface area contributed by atoms with Crippen LogP contribution in [0.4, 0.5) is 5.69 Å². The van der Waals surface area contributed by atoms with Crippen LogP contribution in [-0.4, -0.2) is 0 Å². The van der Waals surface area contributed by atoms with Crippen LogP contribution < -0.4 is 5.73 Å². The van der Waals surface area contributed by atoms with E-state index in [1.54, 1.807) is 0 Å². The van der Waals surface area contributed by atoms with E-state index in [0.29, 0.717) is 11.3 Å². The Kier molecular flexibility index (Phi) is 2.08. The predicted molar refractivity (Wildman–Crippen MR) is 64.2 cm³/mol. The summed E-state index contributed by atoms with van der Waals surface area (Å²) >= 11 is 0. The Balaban J connectivity index is 2.91. The van der Waals surface area contributed by atoms with Gasteiger partial charge < -0.3 is 5.73 Å². The second-order valence-electron chi connectivity index (χ2n) is 3.25. The van der Waals surface area contributed by atoms with Crippen LogP contribution in [0.25, 0.3) is 10.8 Å². The number of anilines is 1. The van der Waals surface area contributed by atoms with Crippen molar-refractivity contribution in [1.82, 2.24) is 0 Å². The number of benzene rings is 2. The average Bonchev–Trinajstić information content (AvgIpc) is 2.28. The van der Waals surface area contributed by atoms with Crippen LogP contribution in [0.5, 0.6) is 0 Å². The van der Waals surface area contributed by atoms with Crippen LogP contribution in [0.3, 0.4) is 0 Å². The summed E-state index contributed by atoms with van der Waals surface area (Å²) in [6.07, 6.45) is 10.8. The van der Waals surface area contributed by atoms with Crippen molar-refractivity contribution in [2.45, 2.75) is 0 Å². The molecule has 0 atom stereocenters. The van der Waals surface area contributed by atoms with Crippen molar-refractivity contribution in [2.24, 2.45) is 0 Å². The molecule has 0 spiro atoms. The first kappa shape index (κ1) is 9.19. The zero-order valence-electron chi connectivity index (χ0n) is 8.12. The molecule has 15 heavy (non-hydrogen) atoms. The Bertz CT molecular complexity index is 609. The highest BCUT2D eigenvalue weighted by Gasteiger charge is 2.03. The summed E-state index contributed by atoms with van der Waals surface area (Å²) in [7, 11) is 0. The van der Waals surface area contributed by atoms with Crippen molar-refractivity contribution in [3.8, 4) is 24.7 Å². The molecule has 0 amide bonds. The van der Waals surface area contributed by atoms with Crippen molar-refractivity contribution >= 4 is 16.5 Å². The number of hydrogen-bond donors (Lipinski definition) is 1. The van der Waals surface area contributed by atoms with E-state index in [4.69, 9.17) is 18.6 Å². The maximum atomic E-state index is 5.79. The van der Waals surface area contributed by atoms with Gasteiger partial charge in [0.2, 0.25) is 0 Å². The molecular weight excluding hydrogens is 182 g/mol. The Labute approximate surface area is 88.9 Å². The first-order valence-electron chi connectivity index (χ1n) is 4.51. The van der Waals surface area contributed by atoms with E-state index in [1.165, 1.54) is 0 Å². The Morgan fingerprint density at radius 2 is 1.73 bits per heavy atom. The lowest BCUT2D eigenvalue weighted by Crippen LogP contribution is -1.91. The fraction of sp³-hybridized carbons (Fsp3) is 0. The molecule has 0 heterocycles. The summed E-state index contributed by atoms with van der Waals surface area (Å²) in [5.74, 6) is 5.18. The molecule has 0 bridgehead atoms. The second-order valence-corrected chi connectivity index (χ2v) is 3.25. The minimum absolute atomic E-state index is 0.610. The van der Waals surface area contributed by atoms with E-state index in [1.807, 2.05) is 30.3 Å². The van der Waals surface area contributed by atoms with Crippen LogP contribution in [-0.2, 0) is 0 Å². The van der Waals surface area contributed by atoms with Crippen molar-refractivity contribution in [2.75, 3.05) is 5.73 Å². The van der Waals surface area contributed by atoms with Gasteiger partial charge in [0.25, 0.3) is 0 Å². The topological polar surface area (TPSA) is 26.0 Å². The summed E-state index contributed by atoms with van der Waals surface area (Å²) < 4.78 is 0. The van der Waals surface area contributed by atoms with Crippen LogP contribution in [0.1, 0.15) is 11.1 Å². The molecular formula is C14H9N. The molecule has 0 saturated heterocycles. The summed E-state index contributed by atoms with van der Waals surface area (Å²) in [4.78, 5) is 0. The van der Waals surface area contributed by atoms with Gasteiger partial charge in [-0.3, -0.25) is 0 Å². The number of hydrogen-bond acceptors (Lipinski definition) is 1. The molecule has 0 aliphatic carbocycles. The molecule has 1 nitrogen and oxygen atoms in total. The Hall–Kier alpha value is -2.38. The van der Waals surface area contributed by atoms with Gasteiger partial charge >= 0.3 is 0 Å². The number of rotatable bonds is 0. The highest BCUT2D eigenvalue weighted by atomic mass is 14.6. The molecule has 0 unspecified atom stereocenters. The summed E-state index contributed by atoms with van der Waals surface area (Å²) in [6, 6.07) is 9.48. The van der Waals surface area contributed by atoms with Crippen molar-refractivity contribution in [1.29, 1.82) is 0 Å². The molecule has 1 heteroatoms. The van der Waals surface area contributed by atoms with E-state index in [9.17, 15) is 0 Å². The number of nitrogens with two attached hydrogens (primary N) is 1. The first-order valence-corrected chi connectivity index (χ1v) is 4.51. The third kappa shape index (κ3) is 1.41. The smallest absolute Gasteiger partial charge is 0.0551 e. The van der Waals surface area contributed by atoms with E-state index < -0.39 is 0 Å². The summed E-state index contributed by atoms with van der Waals surface area (Å²) in [6.45, 7) is 0. The molecule has 0 aliphatic rings. The molecule has 2 rings (SSSR count). The third-order valence-corrected chi connectivity index (χ3v) is 2.36. The lowest BCUT2D eigenvalue weighted by Gasteiger charge is -2.04. The molecule has 0 fully saturated rings. The lowest BCUT2D eigenvalue weighted by molar-refractivity contribution is 1.66. The minimum Gasteiger partial charge on any atom is -0.398 e. The van der Waals surface area contributed by atoms with Gasteiger partial charge in [0.1, 0.15) is 0 Å². The molecule has 0 aromatic heterocycles. The van der Waals surface area contributed by atoms with E-state index in [2.05, 4.69) is 11.8 Å². The van der Waals surface area contributed by atoms with Gasteiger partial charge in [0, 0.05) is 16.6 Å². The van der Waals surface area contributed by atoms with Gasteiger partial charge in [-0.25, -0.2) is 0 Å². The zero-order chi connectivity index (χ0) is 10.8. The van der Waals surface area contributed by atoms with Gasteiger partial charge in [0.15, 0.2) is 0 Å². The van der Waals surface area contributed by atoms with Gasteiger partial charge in [-0.1, -0.05) is 24.0 Å². The molecule has 0 radical (unpaired) electrons. The zero-order valence-corrected chi connectivity index (χ0v) is 8.12. The second kappa shape index (κ2) is 3.40. The highest BCUT2D eigenvalue weighted by Crippen LogP contribution is 2.24. The number of nitrogen functional groups attached to an aromatic ring is 1. The molecule has 0 saturated carbocycles. The van der Waals surface area contributed by atoms with Crippen LogP contribution in [0.15, 0.2) is 30.3 Å². The van der Waals surface area contributed by atoms with E-state index in [0.717, 1.165) is 16.3 Å². The molecule has 0 aliphatic heterocycles. The van der Waals surface area contributed by atoms with Crippen molar-refractivity contribution in [3.05, 3.63) is 41.5 Å². The standard InChI is InChI=1S/C14H9N/c1-3-10-5-6-11-7-8-14(15)12(4-2)13(11)9-10/h1-2,5-9H,15H2. The van der Waals surface area contributed by atoms with Gasteiger partial charge in [0.05, 0.1) is 5.56 Å². The molecule has 70 valence electrons. The Morgan fingerprint density at radius 1 is 1.00 bits per heavy atom. The SMILES string of the molecule is C#Cc1ccc2ccc(N)c(C#C)c2c1. The quantitative estimate of drug-likeness (QED) is 0.502. The van der Waals surface area contributed by atoms with Gasteiger partial charge in [-0.05, 0) is 23.6 Å². The van der Waals surface area contributed by atoms with Crippen LogP contribution in [0, 0.1) is 24.7 Å². The van der Waals surface area contributed by atoms with Crippen LogP contribution in [0.2, 0.25) is 0 Å². The summed E-state index contributed by atoms with van der Waals surface area (Å²) in [5.41, 5.74) is 7.93. The van der Waals surface area contributed by atoms with Gasteiger partial charge in [-0.15, -0.1) is 12.8 Å². The molecule has 2 aromatic carbocycles. The van der Waals surface area contributed by atoms with Crippen molar-refractivity contribution < 1.29 is 0 Å².